The normalized spacial score (nSPS) is 24.3. The summed E-state index contributed by atoms with van der Waals surface area (Å²) in [5.41, 5.74) is 2.94. The number of carbonyl (C=O) groups excluding carboxylic acids is 2. The molecule has 3 heterocycles. The van der Waals surface area contributed by atoms with E-state index < -0.39 is 0 Å². The molecule has 22 heavy (non-hydrogen) atoms. The Morgan fingerprint density at radius 1 is 1.09 bits per heavy atom. The first kappa shape index (κ1) is 15.1. The van der Waals surface area contributed by atoms with E-state index >= 15 is 0 Å². The molecule has 4 rings (SSSR count). The van der Waals surface area contributed by atoms with Crippen LogP contribution in [0.15, 0.2) is 18.2 Å². The van der Waals surface area contributed by atoms with Gasteiger partial charge in [0.05, 0.1) is 0 Å². The molecule has 2 amide bonds. The van der Waals surface area contributed by atoms with E-state index in [1.807, 2.05) is 41.8 Å². The highest BCUT2D eigenvalue weighted by atomic mass is 16.2. The zero-order valence-electron chi connectivity index (χ0n) is 13.6. The number of carbonyl (C=O) groups is 2. The summed E-state index contributed by atoms with van der Waals surface area (Å²) in [6.07, 6.45) is 2.12. The molecule has 2 bridgehead atoms. The zero-order valence-corrected chi connectivity index (χ0v) is 13.6. The second-order valence-corrected chi connectivity index (χ2v) is 6.80. The van der Waals surface area contributed by atoms with E-state index in [1.54, 1.807) is 6.92 Å². The summed E-state index contributed by atoms with van der Waals surface area (Å²) in [6, 6.07) is 6.20. The van der Waals surface area contributed by atoms with Crippen LogP contribution in [0.2, 0.25) is 0 Å². The highest BCUT2D eigenvalue weighted by Gasteiger charge is 2.38. The van der Waals surface area contributed by atoms with Gasteiger partial charge in [0.15, 0.2) is 0 Å². The molecule has 0 saturated carbocycles. The fourth-order valence-electron chi connectivity index (χ4n) is 3.71. The topological polar surface area (TPSA) is 40.6 Å². The van der Waals surface area contributed by atoms with E-state index in [0.29, 0.717) is 12.5 Å². The Kier molecular flexibility index (Phi) is 3.94. The van der Waals surface area contributed by atoms with Gasteiger partial charge in [0, 0.05) is 38.2 Å². The molecule has 1 aromatic carbocycles. The van der Waals surface area contributed by atoms with Crippen molar-refractivity contribution in [1.29, 1.82) is 0 Å². The molecule has 0 aliphatic carbocycles. The first-order chi connectivity index (χ1) is 10.5. The lowest BCUT2D eigenvalue weighted by Crippen LogP contribution is -2.47. The van der Waals surface area contributed by atoms with Gasteiger partial charge in [0.2, 0.25) is 5.91 Å². The molecule has 2 atom stereocenters. The van der Waals surface area contributed by atoms with Gasteiger partial charge in [0.25, 0.3) is 5.91 Å². The van der Waals surface area contributed by atoms with Crippen molar-refractivity contribution in [3.63, 3.8) is 0 Å². The Labute approximate surface area is 132 Å². The number of hydrogen-bond acceptors (Lipinski definition) is 2. The summed E-state index contributed by atoms with van der Waals surface area (Å²) in [7, 11) is 0. The number of hydrogen-bond donors (Lipinski definition) is 0. The van der Waals surface area contributed by atoms with Crippen LogP contribution < -0.4 is 0 Å². The molecule has 0 aromatic heterocycles. The Morgan fingerprint density at radius 3 is 2.59 bits per heavy atom. The minimum absolute atomic E-state index is 0.123. The Bertz CT molecular complexity index is 611. The predicted octanol–water partition coefficient (Wildman–Crippen LogP) is 2.39. The van der Waals surface area contributed by atoms with Crippen molar-refractivity contribution in [1.82, 2.24) is 9.80 Å². The number of amides is 2. The number of benzene rings is 1. The highest BCUT2D eigenvalue weighted by Crippen LogP contribution is 2.29. The second-order valence-electron chi connectivity index (χ2n) is 6.80. The van der Waals surface area contributed by atoms with Gasteiger partial charge in [-0.3, -0.25) is 9.59 Å². The van der Waals surface area contributed by atoms with Gasteiger partial charge in [-0.25, -0.2) is 0 Å². The number of fused-ring (bicyclic) bond motifs is 4. The van der Waals surface area contributed by atoms with E-state index in [0.717, 1.165) is 42.6 Å². The van der Waals surface area contributed by atoms with Crippen molar-refractivity contribution in [2.75, 3.05) is 19.6 Å². The van der Waals surface area contributed by atoms with E-state index in [2.05, 4.69) is 0 Å². The van der Waals surface area contributed by atoms with Crippen molar-refractivity contribution in [3.05, 3.63) is 34.9 Å². The van der Waals surface area contributed by atoms with Gasteiger partial charge < -0.3 is 9.80 Å². The van der Waals surface area contributed by atoms with Gasteiger partial charge >= 0.3 is 0 Å². The summed E-state index contributed by atoms with van der Waals surface area (Å²) in [6.45, 7) is 7.89. The van der Waals surface area contributed by atoms with Crippen molar-refractivity contribution < 1.29 is 9.59 Å². The molecule has 0 spiro atoms. The molecular formula is C18H24N2O2. The molecule has 4 heteroatoms. The molecule has 1 aromatic rings. The average molecular weight is 300 g/mol. The Hall–Kier alpha value is -1.84. The largest absolute Gasteiger partial charge is 0.341 e. The maximum absolute atomic E-state index is 13.0. The summed E-state index contributed by atoms with van der Waals surface area (Å²) < 4.78 is 0. The molecule has 4 nitrogen and oxygen atoms in total. The Morgan fingerprint density at radius 2 is 1.86 bits per heavy atom. The summed E-state index contributed by atoms with van der Waals surface area (Å²) in [5, 5.41) is 0. The van der Waals surface area contributed by atoms with E-state index in [1.165, 1.54) is 0 Å². The van der Waals surface area contributed by atoms with Gasteiger partial charge in [-0.05, 0) is 44.2 Å². The van der Waals surface area contributed by atoms with Gasteiger partial charge in [-0.2, -0.15) is 0 Å². The third-order valence-corrected chi connectivity index (χ3v) is 5.04. The summed E-state index contributed by atoms with van der Waals surface area (Å²) >= 11 is 0. The van der Waals surface area contributed by atoms with Crippen LogP contribution in [0.3, 0.4) is 0 Å². The first-order valence-corrected chi connectivity index (χ1v) is 8.09. The number of piperidine rings is 1. The molecule has 3 saturated heterocycles. The Balaban J connectivity index is 1.87. The van der Waals surface area contributed by atoms with E-state index in [-0.39, 0.29) is 17.9 Å². The quantitative estimate of drug-likeness (QED) is 0.799. The van der Waals surface area contributed by atoms with Crippen LogP contribution in [0.1, 0.15) is 41.3 Å². The van der Waals surface area contributed by atoms with Crippen molar-refractivity contribution in [2.45, 2.75) is 39.7 Å². The van der Waals surface area contributed by atoms with Crippen LogP contribution in [0.25, 0.3) is 0 Å². The predicted molar refractivity (Wildman–Crippen MR) is 85.7 cm³/mol. The van der Waals surface area contributed by atoms with Gasteiger partial charge in [-0.1, -0.05) is 17.7 Å². The molecular weight excluding hydrogens is 276 g/mol. The third-order valence-electron chi connectivity index (χ3n) is 5.04. The van der Waals surface area contributed by atoms with Crippen LogP contribution in [0, 0.1) is 19.8 Å². The van der Waals surface area contributed by atoms with Gasteiger partial charge in [-0.15, -0.1) is 0 Å². The molecule has 3 fully saturated rings. The lowest BCUT2D eigenvalue weighted by atomic mass is 9.93. The van der Waals surface area contributed by atoms with Gasteiger partial charge in [0.1, 0.15) is 0 Å². The molecule has 3 aliphatic rings. The number of rotatable bonds is 1. The SMILES string of the molecule is CC(=O)N1C[C@H]2CC[C@@H](C1)N(C(=O)c1cc(C)ccc1C)C2. The molecule has 118 valence electrons. The monoisotopic (exact) mass is 300 g/mol. The maximum Gasteiger partial charge on any atom is 0.254 e. The van der Waals surface area contributed by atoms with E-state index in [9.17, 15) is 9.59 Å². The van der Waals surface area contributed by atoms with Crippen LogP contribution >= 0.6 is 0 Å². The van der Waals surface area contributed by atoms with Crippen molar-refractivity contribution >= 4 is 11.8 Å². The van der Waals surface area contributed by atoms with Crippen LogP contribution in [0.4, 0.5) is 0 Å². The third kappa shape index (κ3) is 2.74. The minimum Gasteiger partial charge on any atom is -0.341 e. The molecule has 3 aliphatic heterocycles. The fourth-order valence-corrected chi connectivity index (χ4v) is 3.71. The molecule has 0 radical (unpaired) electrons. The standard InChI is InChI=1S/C18H24N2O2/c1-12-4-5-13(2)17(8-12)18(22)20-10-15-6-7-16(20)11-19(9-15)14(3)21/h4-5,8,15-16H,6-7,9-11H2,1-3H3/t15-,16+/m1/s1. The summed E-state index contributed by atoms with van der Waals surface area (Å²) in [5.74, 6) is 0.663. The smallest absolute Gasteiger partial charge is 0.254 e. The molecule has 0 N–H and O–H groups in total. The fraction of sp³-hybridized carbons (Fsp3) is 0.556. The summed E-state index contributed by atoms with van der Waals surface area (Å²) in [4.78, 5) is 28.7. The maximum atomic E-state index is 13.0. The van der Waals surface area contributed by atoms with E-state index in [4.69, 9.17) is 0 Å². The minimum atomic E-state index is 0.123. The number of aryl methyl sites for hydroxylation is 2. The van der Waals surface area contributed by atoms with Crippen LogP contribution in [-0.2, 0) is 4.79 Å². The highest BCUT2D eigenvalue weighted by molar-refractivity contribution is 5.96. The second kappa shape index (κ2) is 5.75. The zero-order chi connectivity index (χ0) is 15.9. The van der Waals surface area contributed by atoms with Crippen LogP contribution in [-0.4, -0.2) is 47.3 Å². The lowest BCUT2D eigenvalue weighted by molar-refractivity contribution is -0.129. The average Bonchev–Trinajstić information content (AvgIpc) is 2.81. The van der Waals surface area contributed by atoms with Crippen molar-refractivity contribution in [2.24, 2.45) is 5.92 Å². The van der Waals surface area contributed by atoms with Crippen LogP contribution in [0.5, 0.6) is 0 Å². The van der Waals surface area contributed by atoms with Crippen molar-refractivity contribution in [3.8, 4) is 0 Å². The first-order valence-electron chi connectivity index (χ1n) is 8.09. The lowest BCUT2D eigenvalue weighted by Gasteiger charge is -2.36. The number of nitrogens with zero attached hydrogens (tertiary/aromatic N) is 2. The molecule has 0 unspecified atom stereocenters.